The van der Waals surface area contributed by atoms with Crippen LogP contribution < -0.4 is 0 Å². The minimum atomic E-state index is -0.508. The van der Waals surface area contributed by atoms with Crippen LogP contribution in [0.15, 0.2) is 30.5 Å². The van der Waals surface area contributed by atoms with E-state index in [1.54, 1.807) is 24.4 Å². The molecule has 1 aromatic carbocycles. The molecule has 0 aliphatic heterocycles. The average molecular weight is 264 g/mol. The molecule has 92 valence electrons. The zero-order chi connectivity index (χ0) is 13.1. The molecule has 0 spiro atoms. The molecule has 5 heteroatoms. The van der Waals surface area contributed by atoms with Gasteiger partial charge in [-0.1, -0.05) is 11.6 Å². The van der Waals surface area contributed by atoms with Gasteiger partial charge in [-0.25, -0.2) is 4.79 Å². The molecule has 4 nitrogen and oxygen atoms in total. The summed E-state index contributed by atoms with van der Waals surface area (Å²) in [6, 6.07) is 5.07. The van der Waals surface area contributed by atoms with E-state index < -0.39 is 5.97 Å². The maximum Gasteiger partial charge on any atom is 0.330 e. The van der Waals surface area contributed by atoms with E-state index in [0.717, 1.165) is 0 Å². The maximum absolute atomic E-state index is 11.0. The van der Waals surface area contributed by atoms with Crippen molar-refractivity contribution in [2.24, 2.45) is 0 Å². The summed E-state index contributed by atoms with van der Waals surface area (Å²) < 4.78 is 4.47. The number of carbonyl (C=O) groups is 1. The molecule has 0 fully saturated rings. The number of ether oxygens (including phenoxy) is 1. The van der Waals surface area contributed by atoms with E-state index in [0.29, 0.717) is 21.5 Å². The second-order valence-electron chi connectivity index (χ2n) is 3.55. The Kier molecular flexibility index (Phi) is 3.48. The van der Waals surface area contributed by atoms with E-state index in [9.17, 15) is 9.90 Å². The van der Waals surface area contributed by atoms with E-state index in [1.807, 2.05) is 0 Å². The van der Waals surface area contributed by atoms with Gasteiger partial charge in [0, 0.05) is 23.2 Å². The fourth-order valence-corrected chi connectivity index (χ4v) is 1.83. The number of phenolic OH excluding ortho intramolecular Hbond substituents is 1. The Morgan fingerprint density at radius 1 is 1.56 bits per heavy atom. The van der Waals surface area contributed by atoms with Gasteiger partial charge in [-0.15, -0.1) is 0 Å². The molecule has 1 aromatic heterocycles. The highest BCUT2D eigenvalue weighted by atomic mass is 35.5. The van der Waals surface area contributed by atoms with Crippen LogP contribution in [0.3, 0.4) is 0 Å². The van der Waals surface area contributed by atoms with Crippen molar-refractivity contribution in [1.82, 2.24) is 4.98 Å². The highest BCUT2D eigenvalue weighted by Gasteiger charge is 2.09. The molecule has 18 heavy (non-hydrogen) atoms. The van der Waals surface area contributed by atoms with Crippen LogP contribution in [0, 0.1) is 0 Å². The summed E-state index contributed by atoms with van der Waals surface area (Å²) in [5, 5.41) is 11.2. The number of benzene rings is 1. The third kappa shape index (κ3) is 2.28. The van der Waals surface area contributed by atoms with Crippen molar-refractivity contribution in [1.29, 1.82) is 0 Å². The number of carbonyl (C=O) groups excluding carboxylic acids is 1. The van der Waals surface area contributed by atoms with Crippen molar-refractivity contribution in [3.8, 4) is 5.75 Å². The molecule has 0 unspecified atom stereocenters. The number of aromatic hydroxyl groups is 1. The zero-order valence-corrected chi connectivity index (χ0v) is 10.3. The average Bonchev–Trinajstić information content (AvgIpc) is 2.41. The maximum atomic E-state index is 11.0. The standard InChI is InChI=1S/C13H10ClNO3/c1-18-11(16)5-4-8-7-10(14)9-3-2-6-15-12(9)13(8)17/h2-7,17H,1H3. The molecule has 0 amide bonds. The molecule has 0 aliphatic rings. The normalized spacial score (nSPS) is 11.0. The Bertz CT molecular complexity index is 637. The van der Waals surface area contributed by atoms with Crippen molar-refractivity contribution in [2.75, 3.05) is 7.11 Å². The van der Waals surface area contributed by atoms with E-state index in [1.165, 1.54) is 19.3 Å². The number of fused-ring (bicyclic) bond motifs is 1. The minimum absolute atomic E-state index is 0.0184. The van der Waals surface area contributed by atoms with Crippen molar-refractivity contribution >= 4 is 34.5 Å². The van der Waals surface area contributed by atoms with Crippen LogP contribution in [-0.2, 0) is 9.53 Å². The van der Waals surface area contributed by atoms with Crippen LogP contribution >= 0.6 is 11.6 Å². The van der Waals surface area contributed by atoms with Gasteiger partial charge in [-0.05, 0) is 24.3 Å². The van der Waals surface area contributed by atoms with E-state index in [2.05, 4.69) is 9.72 Å². The van der Waals surface area contributed by atoms with Gasteiger partial charge >= 0.3 is 5.97 Å². The van der Waals surface area contributed by atoms with E-state index >= 15 is 0 Å². The number of aromatic nitrogens is 1. The van der Waals surface area contributed by atoms with Crippen LogP contribution in [-0.4, -0.2) is 23.2 Å². The van der Waals surface area contributed by atoms with Crippen molar-refractivity contribution in [2.45, 2.75) is 0 Å². The number of hydrogen-bond acceptors (Lipinski definition) is 4. The number of phenols is 1. The Balaban J connectivity index is 2.56. The van der Waals surface area contributed by atoms with Crippen molar-refractivity contribution in [3.05, 3.63) is 41.1 Å². The third-order valence-corrected chi connectivity index (χ3v) is 2.76. The Morgan fingerprint density at radius 2 is 2.33 bits per heavy atom. The molecule has 0 saturated heterocycles. The van der Waals surface area contributed by atoms with Gasteiger partial charge in [0.25, 0.3) is 0 Å². The first-order chi connectivity index (χ1) is 8.63. The van der Waals surface area contributed by atoms with Crippen molar-refractivity contribution in [3.63, 3.8) is 0 Å². The van der Waals surface area contributed by atoms with Crippen LogP contribution in [0.25, 0.3) is 17.0 Å². The monoisotopic (exact) mass is 263 g/mol. The highest BCUT2D eigenvalue weighted by molar-refractivity contribution is 6.35. The predicted molar refractivity (Wildman–Crippen MR) is 69.5 cm³/mol. The molecule has 1 heterocycles. The summed E-state index contributed by atoms with van der Waals surface area (Å²) in [4.78, 5) is 15.1. The van der Waals surface area contributed by atoms with Gasteiger partial charge in [-0.3, -0.25) is 4.98 Å². The predicted octanol–water partition coefficient (Wildman–Crippen LogP) is 2.78. The molecule has 0 aliphatic carbocycles. The molecule has 2 aromatic rings. The molecular weight excluding hydrogens is 254 g/mol. The van der Waals surface area contributed by atoms with E-state index in [-0.39, 0.29) is 5.75 Å². The second kappa shape index (κ2) is 5.06. The fourth-order valence-electron chi connectivity index (χ4n) is 1.56. The number of methoxy groups -OCH3 is 1. The number of rotatable bonds is 2. The first-order valence-corrected chi connectivity index (χ1v) is 5.53. The SMILES string of the molecule is COC(=O)C=Cc1cc(Cl)c2cccnc2c1O. The first kappa shape index (κ1) is 12.4. The van der Waals surface area contributed by atoms with Crippen LogP contribution in [0.4, 0.5) is 0 Å². The molecule has 1 N–H and O–H groups in total. The van der Waals surface area contributed by atoms with E-state index in [4.69, 9.17) is 11.6 Å². The van der Waals surface area contributed by atoms with Gasteiger partial charge in [-0.2, -0.15) is 0 Å². The van der Waals surface area contributed by atoms with Gasteiger partial charge < -0.3 is 9.84 Å². The Labute approximate surface area is 108 Å². The van der Waals surface area contributed by atoms with Crippen molar-refractivity contribution < 1.29 is 14.6 Å². The smallest absolute Gasteiger partial charge is 0.330 e. The second-order valence-corrected chi connectivity index (χ2v) is 3.96. The summed E-state index contributed by atoms with van der Waals surface area (Å²) in [6.45, 7) is 0. The van der Waals surface area contributed by atoms with Crippen LogP contribution in [0.5, 0.6) is 5.75 Å². The number of halogens is 1. The van der Waals surface area contributed by atoms with Gasteiger partial charge in [0.1, 0.15) is 11.3 Å². The lowest BCUT2D eigenvalue weighted by Crippen LogP contribution is -1.93. The zero-order valence-electron chi connectivity index (χ0n) is 9.55. The molecular formula is C13H10ClNO3. The van der Waals surface area contributed by atoms with Crippen LogP contribution in [0.2, 0.25) is 5.02 Å². The number of nitrogens with zero attached hydrogens (tertiary/aromatic N) is 1. The summed E-state index contributed by atoms with van der Waals surface area (Å²) in [7, 11) is 1.28. The lowest BCUT2D eigenvalue weighted by Gasteiger charge is -2.05. The molecule has 0 bridgehead atoms. The van der Waals surface area contributed by atoms with Gasteiger partial charge in [0.15, 0.2) is 0 Å². The van der Waals surface area contributed by atoms with Gasteiger partial charge in [0.05, 0.1) is 12.1 Å². The lowest BCUT2D eigenvalue weighted by molar-refractivity contribution is -0.134. The topological polar surface area (TPSA) is 59.4 Å². The summed E-state index contributed by atoms with van der Waals surface area (Å²) in [5.41, 5.74) is 0.811. The minimum Gasteiger partial charge on any atom is -0.505 e. The third-order valence-electron chi connectivity index (χ3n) is 2.45. The number of pyridine rings is 1. The summed E-state index contributed by atoms with van der Waals surface area (Å²) in [6.07, 6.45) is 4.20. The number of esters is 1. The summed E-state index contributed by atoms with van der Waals surface area (Å²) >= 11 is 6.08. The highest BCUT2D eigenvalue weighted by Crippen LogP contribution is 2.33. The molecule has 0 radical (unpaired) electrons. The molecule has 0 atom stereocenters. The largest absolute Gasteiger partial charge is 0.505 e. The fraction of sp³-hybridized carbons (Fsp3) is 0.0769. The summed E-state index contributed by atoms with van der Waals surface area (Å²) in [5.74, 6) is -0.526. The van der Waals surface area contributed by atoms with Gasteiger partial charge in [0.2, 0.25) is 0 Å². The Morgan fingerprint density at radius 3 is 3.06 bits per heavy atom. The molecule has 2 rings (SSSR count). The van der Waals surface area contributed by atoms with Crippen LogP contribution in [0.1, 0.15) is 5.56 Å². The first-order valence-electron chi connectivity index (χ1n) is 5.15. The quantitative estimate of drug-likeness (QED) is 0.669. The lowest BCUT2D eigenvalue weighted by atomic mass is 10.1. The number of hydrogen-bond donors (Lipinski definition) is 1. The Hall–Kier alpha value is -2.07. The molecule has 0 saturated carbocycles.